The molecule has 1 aromatic rings. The minimum absolute atomic E-state index is 0.0427. The number of nitrogens with zero attached hydrogens (tertiary/aromatic N) is 2. The van der Waals surface area contributed by atoms with Gasteiger partial charge in [0.05, 0.1) is 6.04 Å². The predicted octanol–water partition coefficient (Wildman–Crippen LogP) is 1.42. The van der Waals surface area contributed by atoms with Gasteiger partial charge in [0.1, 0.15) is 0 Å². The second kappa shape index (κ2) is 2.86. The van der Waals surface area contributed by atoms with Crippen molar-refractivity contribution in [3.05, 3.63) is 11.7 Å². The largest absolute Gasteiger partial charge is 0.338 e. The maximum atomic E-state index is 5.89. The topological polar surface area (TPSA) is 64.9 Å². The van der Waals surface area contributed by atoms with Crippen LogP contribution in [0.4, 0.5) is 0 Å². The number of hydrogen-bond donors (Lipinski definition) is 1. The van der Waals surface area contributed by atoms with E-state index < -0.39 is 0 Å². The van der Waals surface area contributed by atoms with Gasteiger partial charge in [0.25, 0.3) is 0 Å². The zero-order chi connectivity index (χ0) is 9.35. The van der Waals surface area contributed by atoms with Crippen LogP contribution in [0.15, 0.2) is 4.52 Å². The van der Waals surface area contributed by atoms with Crippen molar-refractivity contribution < 1.29 is 4.52 Å². The second-order valence-corrected chi connectivity index (χ2v) is 4.02. The molecule has 68 valence electrons. The molecule has 0 bridgehead atoms. The fourth-order valence-electron chi connectivity index (χ4n) is 0.810. The molecule has 0 fully saturated rings. The summed E-state index contributed by atoms with van der Waals surface area (Å²) in [6.07, 6.45) is 0. The zero-order valence-electron chi connectivity index (χ0n) is 7.96. The summed E-state index contributed by atoms with van der Waals surface area (Å²) in [6, 6.07) is -0.196. The van der Waals surface area contributed by atoms with Gasteiger partial charge in [-0.05, 0) is 12.3 Å². The van der Waals surface area contributed by atoms with Crippen LogP contribution in [-0.2, 0) is 0 Å². The van der Waals surface area contributed by atoms with Crippen molar-refractivity contribution in [2.24, 2.45) is 11.1 Å². The quantitative estimate of drug-likeness (QED) is 0.690. The van der Waals surface area contributed by atoms with Crippen LogP contribution < -0.4 is 5.73 Å². The monoisotopic (exact) mass is 169 g/mol. The molecular weight excluding hydrogens is 154 g/mol. The Balaban J connectivity index is 2.85. The van der Waals surface area contributed by atoms with E-state index in [1.165, 1.54) is 0 Å². The molecule has 0 aliphatic heterocycles. The van der Waals surface area contributed by atoms with Crippen LogP contribution in [0.1, 0.15) is 38.5 Å². The molecule has 1 rings (SSSR count). The number of hydrogen-bond acceptors (Lipinski definition) is 4. The molecule has 0 aliphatic rings. The van der Waals surface area contributed by atoms with Gasteiger partial charge >= 0.3 is 0 Å². The summed E-state index contributed by atoms with van der Waals surface area (Å²) < 4.78 is 4.97. The molecule has 0 saturated carbocycles. The molecule has 0 spiro atoms. The zero-order valence-corrected chi connectivity index (χ0v) is 7.96. The second-order valence-electron chi connectivity index (χ2n) is 4.02. The maximum Gasteiger partial charge on any atom is 0.244 e. The third-order valence-corrected chi connectivity index (χ3v) is 1.74. The first-order chi connectivity index (χ1) is 5.41. The molecule has 2 N–H and O–H groups in total. The number of aryl methyl sites for hydroxylation is 1. The maximum absolute atomic E-state index is 5.89. The number of nitrogens with two attached hydrogens (primary N) is 1. The van der Waals surface area contributed by atoms with E-state index in [1.807, 2.05) is 20.8 Å². The Morgan fingerprint density at radius 2 is 2.00 bits per heavy atom. The van der Waals surface area contributed by atoms with Crippen molar-refractivity contribution >= 4 is 0 Å². The lowest BCUT2D eigenvalue weighted by Gasteiger charge is -2.23. The lowest BCUT2D eigenvalue weighted by atomic mass is 9.87. The van der Waals surface area contributed by atoms with Crippen LogP contribution in [0.5, 0.6) is 0 Å². The van der Waals surface area contributed by atoms with Gasteiger partial charge in [0.15, 0.2) is 5.82 Å². The third-order valence-electron chi connectivity index (χ3n) is 1.74. The van der Waals surface area contributed by atoms with E-state index in [4.69, 9.17) is 10.3 Å². The summed E-state index contributed by atoms with van der Waals surface area (Å²) in [6.45, 7) is 7.90. The van der Waals surface area contributed by atoms with Gasteiger partial charge in [0, 0.05) is 0 Å². The highest BCUT2D eigenvalue weighted by Gasteiger charge is 2.26. The molecular formula is C8H15N3O. The van der Waals surface area contributed by atoms with Crippen molar-refractivity contribution in [3.63, 3.8) is 0 Å². The molecule has 0 amide bonds. The average molecular weight is 169 g/mol. The third kappa shape index (κ3) is 1.82. The van der Waals surface area contributed by atoms with Crippen LogP contribution in [0.25, 0.3) is 0 Å². The van der Waals surface area contributed by atoms with Crippen LogP contribution in [0.2, 0.25) is 0 Å². The highest BCUT2D eigenvalue weighted by molar-refractivity contribution is 4.95. The van der Waals surface area contributed by atoms with Gasteiger partial charge in [-0.2, -0.15) is 4.98 Å². The first kappa shape index (κ1) is 9.19. The van der Waals surface area contributed by atoms with Gasteiger partial charge in [-0.3, -0.25) is 0 Å². The highest BCUT2D eigenvalue weighted by Crippen LogP contribution is 2.28. The van der Waals surface area contributed by atoms with E-state index in [9.17, 15) is 0 Å². The summed E-state index contributed by atoms with van der Waals surface area (Å²) in [5, 5.41) is 3.69. The molecule has 1 heterocycles. The van der Waals surface area contributed by atoms with Crippen molar-refractivity contribution in [1.29, 1.82) is 0 Å². The minimum Gasteiger partial charge on any atom is -0.338 e. The summed E-state index contributed by atoms with van der Waals surface area (Å²) in [7, 11) is 0. The molecule has 4 heteroatoms. The van der Waals surface area contributed by atoms with Crippen LogP contribution in [0.3, 0.4) is 0 Å². The SMILES string of the molecule is Cc1noc(C(N)C(C)(C)C)n1. The Kier molecular flexibility index (Phi) is 2.19. The average Bonchev–Trinajstić information content (AvgIpc) is 2.32. The van der Waals surface area contributed by atoms with E-state index in [2.05, 4.69) is 10.1 Å². The Morgan fingerprint density at radius 3 is 2.33 bits per heavy atom. The summed E-state index contributed by atoms with van der Waals surface area (Å²) in [5.74, 6) is 1.14. The standard InChI is InChI=1S/C8H15N3O/c1-5-10-7(12-11-5)6(9)8(2,3)4/h6H,9H2,1-4H3. The molecule has 1 aromatic heterocycles. The number of aromatic nitrogens is 2. The normalized spacial score (nSPS) is 14.8. The fraction of sp³-hybridized carbons (Fsp3) is 0.750. The lowest BCUT2D eigenvalue weighted by Crippen LogP contribution is -2.26. The summed E-state index contributed by atoms with van der Waals surface area (Å²) in [4.78, 5) is 4.07. The molecule has 0 radical (unpaired) electrons. The molecule has 0 saturated heterocycles. The van der Waals surface area contributed by atoms with Crippen molar-refractivity contribution in [2.75, 3.05) is 0 Å². The van der Waals surface area contributed by atoms with Gasteiger partial charge in [-0.25, -0.2) is 0 Å². The lowest BCUT2D eigenvalue weighted by molar-refractivity contribution is 0.252. The van der Waals surface area contributed by atoms with Crippen molar-refractivity contribution in [2.45, 2.75) is 33.7 Å². The van der Waals surface area contributed by atoms with E-state index in [1.54, 1.807) is 6.92 Å². The number of rotatable bonds is 1. The Labute approximate surface area is 72.1 Å². The van der Waals surface area contributed by atoms with E-state index in [-0.39, 0.29) is 11.5 Å². The molecule has 4 nitrogen and oxygen atoms in total. The molecule has 1 atom stereocenters. The molecule has 1 unspecified atom stereocenters. The van der Waals surface area contributed by atoms with E-state index >= 15 is 0 Å². The van der Waals surface area contributed by atoms with Crippen molar-refractivity contribution in [3.8, 4) is 0 Å². The first-order valence-corrected chi connectivity index (χ1v) is 3.97. The Morgan fingerprint density at radius 1 is 1.42 bits per heavy atom. The van der Waals surface area contributed by atoms with E-state index in [0.717, 1.165) is 0 Å². The molecule has 0 aromatic carbocycles. The fourth-order valence-corrected chi connectivity index (χ4v) is 0.810. The van der Waals surface area contributed by atoms with Crippen LogP contribution >= 0.6 is 0 Å². The Bertz CT molecular complexity index is 262. The highest BCUT2D eigenvalue weighted by atomic mass is 16.5. The predicted molar refractivity (Wildman–Crippen MR) is 45.4 cm³/mol. The molecule has 0 aliphatic carbocycles. The van der Waals surface area contributed by atoms with Crippen molar-refractivity contribution in [1.82, 2.24) is 10.1 Å². The van der Waals surface area contributed by atoms with Gasteiger partial charge in [-0.15, -0.1) is 0 Å². The van der Waals surface area contributed by atoms with Gasteiger partial charge < -0.3 is 10.3 Å². The minimum atomic E-state index is -0.196. The molecule has 12 heavy (non-hydrogen) atoms. The Hall–Kier alpha value is -0.900. The van der Waals surface area contributed by atoms with Gasteiger partial charge in [0.2, 0.25) is 5.89 Å². The smallest absolute Gasteiger partial charge is 0.244 e. The summed E-state index contributed by atoms with van der Waals surface area (Å²) in [5.41, 5.74) is 5.85. The van der Waals surface area contributed by atoms with Crippen LogP contribution in [0, 0.1) is 12.3 Å². The summed E-state index contributed by atoms with van der Waals surface area (Å²) >= 11 is 0. The first-order valence-electron chi connectivity index (χ1n) is 3.97. The van der Waals surface area contributed by atoms with Gasteiger partial charge in [-0.1, -0.05) is 25.9 Å². The van der Waals surface area contributed by atoms with Crippen LogP contribution in [-0.4, -0.2) is 10.1 Å². The van der Waals surface area contributed by atoms with E-state index in [0.29, 0.717) is 11.7 Å².